The second-order valence-electron chi connectivity index (χ2n) is 5.97. The van der Waals surface area contributed by atoms with E-state index in [1.807, 2.05) is 17.9 Å². The molecule has 1 N–H and O–H groups in total. The molecule has 0 aromatic heterocycles. The highest BCUT2D eigenvalue weighted by atomic mass is 19.1. The molecule has 2 aliphatic heterocycles. The Labute approximate surface area is 124 Å². The minimum absolute atomic E-state index is 0.00831. The first-order chi connectivity index (χ1) is 10.1. The van der Waals surface area contributed by atoms with Crippen LogP contribution >= 0.6 is 0 Å². The Morgan fingerprint density at radius 2 is 2.29 bits per heavy atom. The summed E-state index contributed by atoms with van der Waals surface area (Å²) in [4.78, 5) is 6.30. The Balaban J connectivity index is 1.59. The van der Waals surface area contributed by atoms with E-state index in [1.54, 1.807) is 6.07 Å². The van der Waals surface area contributed by atoms with Crippen LogP contribution < -0.4 is 5.32 Å². The van der Waals surface area contributed by atoms with Gasteiger partial charge in [-0.25, -0.2) is 8.78 Å². The molecule has 2 aliphatic rings. The lowest BCUT2D eigenvalue weighted by atomic mass is 9.89. The number of nitrogens with zero attached hydrogens (tertiary/aromatic N) is 2. The van der Waals surface area contributed by atoms with Gasteiger partial charge < -0.3 is 0 Å². The van der Waals surface area contributed by atoms with E-state index in [1.165, 1.54) is 12.1 Å². The van der Waals surface area contributed by atoms with Crippen molar-refractivity contribution >= 4 is 5.71 Å². The minimum Gasteiger partial charge on any atom is -0.289 e. The van der Waals surface area contributed by atoms with Crippen molar-refractivity contribution in [2.24, 2.45) is 4.99 Å². The summed E-state index contributed by atoms with van der Waals surface area (Å²) >= 11 is 0. The summed E-state index contributed by atoms with van der Waals surface area (Å²) in [6, 6.07) is 6.55. The van der Waals surface area contributed by atoms with Gasteiger partial charge in [0.1, 0.15) is 12.0 Å². The number of piperidine rings is 1. The molecule has 3 unspecified atom stereocenters. The van der Waals surface area contributed by atoms with Crippen LogP contribution in [0.3, 0.4) is 0 Å². The number of hydrogen-bond acceptors (Lipinski definition) is 3. The first kappa shape index (κ1) is 14.6. The molecule has 5 heteroatoms. The van der Waals surface area contributed by atoms with Gasteiger partial charge in [-0.1, -0.05) is 12.1 Å². The maximum atomic E-state index is 14.4. The molecule has 1 fully saturated rings. The molecule has 1 saturated heterocycles. The van der Waals surface area contributed by atoms with E-state index in [9.17, 15) is 8.78 Å². The van der Waals surface area contributed by atoms with E-state index >= 15 is 0 Å². The average Bonchev–Trinajstić information content (AvgIpc) is 2.86. The quantitative estimate of drug-likeness (QED) is 0.868. The number of nitrogens with one attached hydrogen (secondary N) is 1. The fraction of sp³-hybridized carbons (Fsp3) is 0.562. The van der Waals surface area contributed by atoms with Crippen LogP contribution in [-0.4, -0.2) is 42.7 Å². The standard InChI is InChI=1S/C16H21F2N3/c1-11-9-19-16(20-11)10-21-6-5-13(8-15(21)18)12-3-2-4-14(17)7-12/h2-4,7,13,15-16,19H,5-6,8-10H2,1H3. The monoisotopic (exact) mass is 293 g/mol. The van der Waals surface area contributed by atoms with Crippen molar-refractivity contribution in [3.8, 4) is 0 Å². The van der Waals surface area contributed by atoms with Crippen molar-refractivity contribution in [3.63, 3.8) is 0 Å². The molecule has 3 nitrogen and oxygen atoms in total. The number of hydrogen-bond donors (Lipinski definition) is 1. The molecule has 0 spiro atoms. The third kappa shape index (κ3) is 3.47. The molecular formula is C16H21F2N3. The zero-order valence-electron chi connectivity index (χ0n) is 12.2. The summed E-state index contributed by atoms with van der Waals surface area (Å²) in [6.45, 7) is 4.07. The van der Waals surface area contributed by atoms with E-state index in [2.05, 4.69) is 10.3 Å². The Bertz CT molecular complexity index is 532. The van der Waals surface area contributed by atoms with Crippen molar-refractivity contribution in [2.45, 2.75) is 38.1 Å². The van der Waals surface area contributed by atoms with Crippen molar-refractivity contribution in [1.82, 2.24) is 10.2 Å². The van der Waals surface area contributed by atoms with Gasteiger partial charge in [0.25, 0.3) is 0 Å². The largest absolute Gasteiger partial charge is 0.289 e. The summed E-state index contributed by atoms with van der Waals surface area (Å²) in [7, 11) is 0. The first-order valence-electron chi connectivity index (χ1n) is 7.52. The molecule has 2 heterocycles. The smallest absolute Gasteiger partial charge is 0.154 e. The Kier molecular flexibility index (Phi) is 4.31. The van der Waals surface area contributed by atoms with Gasteiger partial charge in [0, 0.05) is 25.3 Å². The normalized spacial score (nSPS) is 30.4. The van der Waals surface area contributed by atoms with E-state index < -0.39 is 6.30 Å². The lowest BCUT2D eigenvalue weighted by Crippen LogP contribution is -2.45. The number of benzene rings is 1. The van der Waals surface area contributed by atoms with Gasteiger partial charge in [-0.2, -0.15) is 0 Å². The maximum Gasteiger partial charge on any atom is 0.154 e. The van der Waals surface area contributed by atoms with Crippen LogP contribution in [0.25, 0.3) is 0 Å². The lowest BCUT2D eigenvalue weighted by molar-refractivity contribution is 0.0312. The van der Waals surface area contributed by atoms with Gasteiger partial charge in [-0.05, 0) is 43.4 Å². The average molecular weight is 293 g/mol. The molecular weight excluding hydrogens is 272 g/mol. The van der Waals surface area contributed by atoms with E-state index in [-0.39, 0.29) is 17.9 Å². The van der Waals surface area contributed by atoms with Crippen LogP contribution in [-0.2, 0) is 0 Å². The molecule has 21 heavy (non-hydrogen) atoms. The predicted octanol–water partition coefficient (Wildman–Crippen LogP) is 2.69. The lowest BCUT2D eigenvalue weighted by Gasteiger charge is -2.36. The van der Waals surface area contributed by atoms with Crippen molar-refractivity contribution in [3.05, 3.63) is 35.6 Å². The van der Waals surface area contributed by atoms with E-state index in [4.69, 9.17) is 0 Å². The molecule has 3 rings (SSSR count). The summed E-state index contributed by atoms with van der Waals surface area (Å²) in [5.74, 6) is -0.140. The van der Waals surface area contributed by atoms with E-state index in [0.717, 1.165) is 24.2 Å². The predicted molar refractivity (Wildman–Crippen MR) is 79.7 cm³/mol. The highest BCUT2D eigenvalue weighted by molar-refractivity contribution is 5.85. The van der Waals surface area contributed by atoms with Crippen molar-refractivity contribution in [2.75, 3.05) is 19.6 Å². The van der Waals surface area contributed by atoms with Crippen molar-refractivity contribution in [1.29, 1.82) is 0 Å². The summed E-state index contributed by atoms with van der Waals surface area (Å²) < 4.78 is 27.7. The second-order valence-corrected chi connectivity index (χ2v) is 5.97. The molecule has 0 bridgehead atoms. The van der Waals surface area contributed by atoms with Crippen LogP contribution in [0.15, 0.2) is 29.3 Å². The SMILES string of the molecule is CC1=NC(CN2CCC(c3cccc(F)c3)CC2F)NC1. The van der Waals surface area contributed by atoms with Crippen LogP contribution in [0, 0.1) is 5.82 Å². The minimum atomic E-state index is -0.982. The third-order valence-electron chi connectivity index (χ3n) is 4.34. The first-order valence-corrected chi connectivity index (χ1v) is 7.52. The Morgan fingerprint density at radius 1 is 1.43 bits per heavy atom. The highest BCUT2D eigenvalue weighted by Crippen LogP contribution is 2.32. The number of rotatable bonds is 3. The summed E-state index contributed by atoms with van der Waals surface area (Å²) in [5, 5.41) is 3.26. The van der Waals surface area contributed by atoms with Gasteiger partial charge >= 0.3 is 0 Å². The topological polar surface area (TPSA) is 27.6 Å². The van der Waals surface area contributed by atoms with Gasteiger partial charge in [-0.15, -0.1) is 0 Å². The molecule has 1 aromatic rings. The third-order valence-corrected chi connectivity index (χ3v) is 4.34. The van der Waals surface area contributed by atoms with Crippen LogP contribution in [0.4, 0.5) is 8.78 Å². The van der Waals surface area contributed by atoms with E-state index in [0.29, 0.717) is 19.5 Å². The number of halogens is 2. The van der Waals surface area contributed by atoms with Crippen LogP contribution in [0.2, 0.25) is 0 Å². The van der Waals surface area contributed by atoms with Gasteiger partial charge in [0.2, 0.25) is 0 Å². The molecule has 1 aromatic carbocycles. The molecule has 3 atom stereocenters. The molecule has 0 radical (unpaired) electrons. The highest BCUT2D eigenvalue weighted by Gasteiger charge is 2.31. The molecule has 0 amide bonds. The molecule has 0 aliphatic carbocycles. The fourth-order valence-electron chi connectivity index (χ4n) is 3.18. The summed E-state index contributed by atoms with van der Waals surface area (Å²) in [6.07, 6.45) is 0.317. The van der Waals surface area contributed by atoms with Crippen LogP contribution in [0.1, 0.15) is 31.2 Å². The fourth-order valence-corrected chi connectivity index (χ4v) is 3.18. The summed E-state index contributed by atoms with van der Waals surface area (Å²) in [5.41, 5.74) is 1.98. The zero-order chi connectivity index (χ0) is 14.8. The van der Waals surface area contributed by atoms with Crippen LogP contribution in [0.5, 0.6) is 0 Å². The Hall–Kier alpha value is -1.33. The molecule has 114 valence electrons. The van der Waals surface area contributed by atoms with Crippen molar-refractivity contribution < 1.29 is 8.78 Å². The number of alkyl halides is 1. The van der Waals surface area contributed by atoms with Gasteiger partial charge in [-0.3, -0.25) is 15.2 Å². The number of likely N-dealkylation sites (tertiary alicyclic amines) is 1. The Morgan fingerprint density at radius 3 is 2.95 bits per heavy atom. The zero-order valence-corrected chi connectivity index (χ0v) is 12.2. The number of aliphatic imine (C=N–C) groups is 1. The second kappa shape index (κ2) is 6.20. The molecule has 0 saturated carbocycles. The van der Waals surface area contributed by atoms with Gasteiger partial charge in [0.15, 0.2) is 6.30 Å². The van der Waals surface area contributed by atoms with Gasteiger partial charge in [0.05, 0.1) is 0 Å². The maximum absolute atomic E-state index is 14.4.